The van der Waals surface area contributed by atoms with Crippen LogP contribution in [-0.4, -0.2) is 36.3 Å². The molecule has 5 nitrogen and oxygen atoms in total. The van der Waals surface area contributed by atoms with Gasteiger partial charge in [0.2, 0.25) is 5.91 Å². The third-order valence-electron chi connectivity index (χ3n) is 4.73. The van der Waals surface area contributed by atoms with Crippen molar-refractivity contribution in [2.45, 2.75) is 26.3 Å². The lowest BCUT2D eigenvalue weighted by molar-refractivity contribution is -0.114. The van der Waals surface area contributed by atoms with Gasteiger partial charge in [-0.05, 0) is 41.8 Å². The summed E-state index contributed by atoms with van der Waals surface area (Å²) >= 11 is 0. The summed E-state index contributed by atoms with van der Waals surface area (Å²) in [6, 6.07) is 15.6. The van der Waals surface area contributed by atoms with Gasteiger partial charge in [-0.15, -0.1) is 0 Å². The van der Waals surface area contributed by atoms with E-state index in [0.29, 0.717) is 17.8 Å². The zero-order valence-corrected chi connectivity index (χ0v) is 15.3. The van der Waals surface area contributed by atoms with Crippen molar-refractivity contribution in [3.8, 4) is 0 Å². The van der Waals surface area contributed by atoms with Crippen LogP contribution < -0.4 is 10.6 Å². The van der Waals surface area contributed by atoms with E-state index in [4.69, 9.17) is 0 Å². The highest BCUT2D eigenvalue weighted by atomic mass is 16.2. The highest BCUT2D eigenvalue weighted by molar-refractivity contribution is 5.95. The lowest BCUT2D eigenvalue weighted by Crippen LogP contribution is -2.48. The van der Waals surface area contributed by atoms with Gasteiger partial charge in [-0.3, -0.25) is 9.59 Å². The number of amides is 2. The second kappa shape index (κ2) is 8.15. The number of hydrogen-bond acceptors (Lipinski definition) is 3. The Hall–Kier alpha value is -2.66. The molecule has 2 aromatic carbocycles. The van der Waals surface area contributed by atoms with E-state index in [0.717, 1.165) is 25.1 Å². The lowest BCUT2D eigenvalue weighted by Gasteiger charge is -2.36. The van der Waals surface area contributed by atoms with Crippen LogP contribution in [0.25, 0.3) is 0 Å². The molecule has 5 heteroatoms. The van der Waals surface area contributed by atoms with Crippen molar-refractivity contribution in [1.82, 2.24) is 10.2 Å². The molecule has 0 radical (unpaired) electrons. The Morgan fingerprint density at radius 3 is 2.42 bits per heavy atom. The van der Waals surface area contributed by atoms with Crippen molar-refractivity contribution in [2.24, 2.45) is 0 Å². The highest BCUT2D eigenvalue weighted by Gasteiger charge is 2.28. The molecule has 1 atom stereocenters. The maximum absolute atomic E-state index is 13.1. The summed E-state index contributed by atoms with van der Waals surface area (Å²) in [5.74, 6) is -0.104. The van der Waals surface area contributed by atoms with Gasteiger partial charge in [0.25, 0.3) is 5.91 Å². The molecule has 2 amide bonds. The maximum Gasteiger partial charge on any atom is 0.254 e. The molecule has 0 bridgehead atoms. The molecule has 3 rings (SSSR count). The first-order valence-corrected chi connectivity index (χ1v) is 9.06. The lowest BCUT2D eigenvalue weighted by atomic mass is 10.00. The molecule has 0 saturated carbocycles. The fourth-order valence-corrected chi connectivity index (χ4v) is 3.29. The van der Waals surface area contributed by atoms with Crippen LogP contribution in [0, 0.1) is 0 Å². The molecule has 1 fully saturated rings. The predicted molar refractivity (Wildman–Crippen MR) is 103 cm³/mol. The zero-order valence-electron chi connectivity index (χ0n) is 15.3. The molecule has 2 aromatic rings. The van der Waals surface area contributed by atoms with E-state index in [-0.39, 0.29) is 17.9 Å². The van der Waals surface area contributed by atoms with E-state index < -0.39 is 0 Å². The fraction of sp³-hybridized carbons (Fsp3) is 0.333. The number of anilines is 1. The Balaban J connectivity index is 1.79. The van der Waals surface area contributed by atoms with Crippen molar-refractivity contribution < 1.29 is 9.59 Å². The highest BCUT2D eigenvalue weighted by Crippen LogP contribution is 2.25. The third kappa shape index (κ3) is 4.11. The van der Waals surface area contributed by atoms with Crippen molar-refractivity contribution in [2.75, 3.05) is 25.0 Å². The van der Waals surface area contributed by atoms with Crippen LogP contribution in [0.15, 0.2) is 48.5 Å². The van der Waals surface area contributed by atoms with Crippen LogP contribution in [0.4, 0.5) is 5.69 Å². The van der Waals surface area contributed by atoms with Gasteiger partial charge in [0.05, 0.1) is 6.04 Å². The number of aryl methyl sites for hydroxylation is 1. The van der Waals surface area contributed by atoms with E-state index in [1.54, 1.807) is 24.3 Å². The van der Waals surface area contributed by atoms with Crippen LogP contribution >= 0.6 is 0 Å². The average Bonchev–Trinajstić information content (AvgIpc) is 2.68. The Morgan fingerprint density at radius 2 is 1.81 bits per heavy atom. The van der Waals surface area contributed by atoms with Gasteiger partial charge in [0.15, 0.2) is 0 Å². The first-order chi connectivity index (χ1) is 12.6. The summed E-state index contributed by atoms with van der Waals surface area (Å²) in [6.07, 6.45) is 1.01. The number of nitrogens with one attached hydrogen (secondary N) is 2. The molecule has 1 saturated heterocycles. The normalized spacial score (nSPS) is 17.0. The standard InChI is InChI=1S/C21H25N3O2/c1-3-16-4-6-17(7-5-16)20-14-22-12-13-24(20)21(26)18-8-10-19(11-9-18)23-15(2)25/h4-11,20,22H,3,12-14H2,1-2H3,(H,23,25). The van der Waals surface area contributed by atoms with Crippen LogP contribution in [0.3, 0.4) is 0 Å². The molecule has 26 heavy (non-hydrogen) atoms. The molecule has 1 aliphatic heterocycles. The van der Waals surface area contributed by atoms with E-state index in [1.165, 1.54) is 12.5 Å². The molecule has 1 heterocycles. The van der Waals surface area contributed by atoms with Crippen molar-refractivity contribution in [1.29, 1.82) is 0 Å². The Kier molecular flexibility index (Phi) is 5.68. The van der Waals surface area contributed by atoms with Crippen LogP contribution in [-0.2, 0) is 11.2 Å². The largest absolute Gasteiger partial charge is 0.329 e. The second-order valence-electron chi connectivity index (χ2n) is 6.57. The number of piperazine rings is 1. The first kappa shape index (κ1) is 18.1. The molecule has 1 aliphatic rings. The molecule has 0 aromatic heterocycles. The number of carbonyl (C=O) groups excluding carboxylic acids is 2. The summed E-state index contributed by atoms with van der Waals surface area (Å²) in [4.78, 5) is 26.1. The quantitative estimate of drug-likeness (QED) is 0.890. The molecule has 2 N–H and O–H groups in total. The molecule has 0 aliphatic carbocycles. The minimum absolute atomic E-state index is 0.0189. The monoisotopic (exact) mass is 351 g/mol. The van der Waals surface area contributed by atoms with Crippen LogP contribution in [0.2, 0.25) is 0 Å². The zero-order chi connectivity index (χ0) is 18.5. The van der Waals surface area contributed by atoms with Crippen molar-refractivity contribution >= 4 is 17.5 Å². The van der Waals surface area contributed by atoms with Gasteiger partial charge in [-0.1, -0.05) is 31.2 Å². The van der Waals surface area contributed by atoms with E-state index in [1.807, 2.05) is 4.90 Å². The predicted octanol–water partition coefficient (Wildman–Crippen LogP) is 2.99. The summed E-state index contributed by atoms with van der Waals surface area (Å²) in [5, 5.41) is 6.11. The topological polar surface area (TPSA) is 61.4 Å². The summed E-state index contributed by atoms with van der Waals surface area (Å²) in [7, 11) is 0. The van der Waals surface area contributed by atoms with E-state index in [9.17, 15) is 9.59 Å². The van der Waals surface area contributed by atoms with Crippen LogP contribution in [0.1, 0.15) is 41.4 Å². The summed E-state index contributed by atoms with van der Waals surface area (Å²) < 4.78 is 0. The average molecular weight is 351 g/mol. The number of rotatable bonds is 4. The van der Waals surface area contributed by atoms with E-state index in [2.05, 4.69) is 41.8 Å². The van der Waals surface area contributed by atoms with Crippen molar-refractivity contribution in [3.63, 3.8) is 0 Å². The smallest absolute Gasteiger partial charge is 0.254 e. The Morgan fingerprint density at radius 1 is 1.12 bits per heavy atom. The number of benzene rings is 2. The van der Waals surface area contributed by atoms with Gasteiger partial charge >= 0.3 is 0 Å². The fourth-order valence-electron chi connectivity index (χ4n) is 3.29. The number of nitrogens with zero attached hydrogens (tertiary/aromatic N) is 1. The number of hydrogen-bond donors (Lipinski definition) is 2. The Bertz CT molecular complexity index is 769. The van der Waals surface area contributed by atoms with Crippen molar-refractivity contribution in [3.05, 3.63) is 65.2 Å². The van der Waals surface area contributed by atoms with E-state index >= 15 is 0 Å². The molecule has 136 valence electrons. The molecular formula is C21H25N3O2. The SMILES string of the molecule is CCc1ccc(C2CNCCN2C(=O)c2ccc(NC(C)=O)cc2)cc1. The summed E-state index contributed by atoms with van der Waals surface area (Å²) in [5.41, 5.74) is 3.78. The molecule has 1 unspecified atom stereocenters. The van der Waals surface area contributed by atoms with Gasteiger partial charge < -0.3 is 15.5 Å². The van der Waals surface area contributed by atoms with Gasteiger partial charge in [-0.2, -0.15) is 0 Å². The van der Waals surface area contributed by atoms with Gasteiger partial charge in [0.1, 0.15) is 0 Å². The van der Waals surface area contributed by atoms with Gasteiger partial charge in [-0.25, -0.2) is 0 Å². The third-order valence-corrected chi connectivity index (χ3v) is 4.73. The van der Waals surface area contributed by atoms with Crippen LogP contribution in [0.5, 0.6) is 0 Å². The Labute approximate surface area is 154 Å². The van der Waals surface area contributed by atoms with Gasteiger partial charge in [0, 0.05) is 37.8 Å². The first-order valence-electron chi connectivity index (χ1n) is 9.06. The molecular weight excluding hydrogens is 326 g/mol. The maximum atomic E-state index is 13.1. The second-order valence-corrected chi connectivity index (χ2v) is 6.57. The molecule has 0 spiro atoms. The number of carbonyl (C=O) groups is 2. The minimum atomic E-state index is -0.123. The minimum Gasteiger partial charge on any atom is -0.329 e. The summed E-state index contributed by atoms with van der Waals surface area (Å²) in [6.45, 7) is 5.82.